The summed E-state index contributed by atoms with van der Waals surface area (Å²) in [6.45, 7) is 4.32. The van der Waals surface area contributed by atoms with Gasteiger partial charge in [-0.3, -0.25) is 9.69 Å². The molecule has 0 aromatic heterocycles. The van der Waals surface area contributed by atoms with Crippen LogP contribution >= 0.6 is 0 Å². The Labute approximate surface area is 159 Å². The van der Waals surface area contributed by atoms with Crippen LogP contribution in [0.15, 0.2) is 53.4 Å². The lowest BCUT2D eigenvalue weighted by molar-refractivity contribution is 0.101. The summed E-state index contributed by atoms with van der Waals surface area (Å²) in [6, 6.07) is 15.6. The van der Waals surface area contributed by atoms with Gasteiger partial charge in [0.05, 0.1) is 16.5 Å². The topological polar surface area (TPSA) is 81.5 Å². The fraction of sp³-hybridized carbons (Fsp3) is 0.300. The lowest BCUT2D eigenvalue weighted by Crippen LogP contribution is -2.48. The molecule has 0 atom stereocenters. The van der Waals surface area contributed by atoms with Gasteiger partial charge in [-0.05, 0) is 36.8 Å². The van der Waals surface area contributed by atoms with Crippen LogP contribution in [0.2, 0.25) is 0 Å². The van der Waals surface area contributed by atoms with Crippen molar-refractivity contribution in [2.45, 2.75) is 18.4 Å². The number of nitriles is 1. The summed E-state index contributed by atoms with van der Waals surface area (Å²) in [7, 11) is -3.55. The van der Waals surface area contributed by atoms with E-state index in [-0.39, 0.29) is 10.7 Å². The third-order valence-corrected chi connectivity index (χ3v) is 6.63. The molecule has 3 rings (SSSR count). The van der Waals surface area contributed by atoms with Gasteiger partial charge in [-0.15, -0.1) is 0 Å². The predicted molar refractivity (Wildman–Crippen MR) is 102 cm³/mol. The van der Waals surface area contributed by atoms with E-state index in [1.54, 1.807) is 24.3 Å². The Morgan fingerprint density at radius 2 is 1.59 bits per heavy atom. The minimum Gasteiger partial charge on any atom is -0.296 e. The highest BCUT2D eigenvalue weighted by atomic mass is 32.2. The molecular formula is C20H21N3O3S. The van der Waals surface area contributed by atoms with E-state index in [9.17, 15) is 13.2 Å². The molecular weight excluding hydrogens is 362 g/mol. The SMILES string of the molecule is CC(=O)c1ccc(S(=O)(=O)N2CCN(Cc3ccc(C#N)cc3)CC2)cc1. The highest BCUT2D eigenvalue weighted by Gasteiger charge is 2.28. The van der Waals surface area contributed by atoms with Crippen LogP contribution in [0.3, 0.4) is 0 Å². The Kier molecular flexibility index (Phi) is 5.71. The molecule has 1 heterocycles. The van der Waals surface area contributed by atoms with Crippen molar-refractivity contribution in [3.63, 3.8) is 0 Å². The minimum atomic E-state index is -3.55. The molecule has 0 spiro atoms. The molecule has 1 aliphatic heterocycles. The number of hydrogen-bond acceptors (Lipinski definition) is 5. The van der Waals surface area contributed by atoms with E-state index in [4.69, 9.17) is 5.26 Å². The molecule has 2 aromatic carbocycles. The van der Waals surface area contributed by atoms with Crippen LogP contribution in [0.5, 0.6) is 0 Å². The van der Waals surface area contributed by atoms with Crippen molar-refractivity contribution in [3.05, 3.63) is 65.2 Å². The van der Waals surface area contributed by atoms with Crippen molar-refractivity contribution in [3.8, 4) is 6.07 Å². The number of rotatable bonds is 5. The van der Waals surface area contributed by atoms with Crippen molar-refractivity contribution in [1.82, 2.24) is 9.21 Å². The first kappa shape index (κ1) is 19.2. The molecule has 1 saturated heterocycles. The summed E-state index contributed by atoms with van der Waals surface area (Å²) in [5.74, 6) is -0.0876. The molecule has 7 heteroatoms. The Bertz CT molecular complexity index is 953. The van der Waals surface area contributed by atoms with E-state index >= 15 is 0 Å². The van der Waals surface area contributed by atoms with Crippen molar-refractivity contribution >= 4 is 15.8 Å². The summed E-state index contributed by atoms with van der Waals surface area (Å²) in [5, 5.41) is 8.85. The van der Waals surface area contributed by atoms with Gasteiger partial charge in [-0.25, -0.2) is 8.42 Å². The molecule has 1 fully saturated rings. The van der Waals surface area contributed by atoms with E-state index in [0.29, 0.717) is 37.3 Å². The van der Waals surface area contributed by atoms with Crippen LogP contribution in [0.4, 0.5) is 0 Å². The van der Waals surface area contributed by atoms with Gasteiger partial charge in [-0.1, -0.05) is 24.3 Å². The third kappa shape index (κ3) is 4.42. The van der Waals surface area contributed by atoms with Gasteiger partial charge in [0, 0.05) is 38.3 Å². The average molecular weight is 383 g/mol. The fourth-order valence-electron chi connectivity index (χ4n) is 3.08. The standard InChI is InChI=1S/C20H21N3O3S/c1-16(24)19-6-8-20(9-7-19)27(25,26)23-12-10-22(11-13-23)15-18-4-2-17(14-21)3-5-18/h2-9H,10-13,15H2,1H3. The van der Waals surface area contributed by atoms with Crippen LogP contribution in [0.25, 0.3) is 0 Å². The number of benzene rings is 2. The fourth-order valence-corrected chi connectivity index (χ4v) is 4.50. The molecule has 2 aromatic rings. The van der Waals surface area contributed by atoms with Gasteiger partial charge in [0.2, 0.25) is 10.0 Å². The Morgan fingerprint density at radius 3 is 2.11 bits per heavy atom. The number of hydrogen-bond donors (Lipinski definition) is 0. The summed E-state index contributed by atoms with van der Waals surface area (Å²) in [4.78, 5) is 13.8. The van der Waals surface area contributed by atoms with Crippen LogP contribution in [-0.2, 0) is 16.6 Å². The monoisotopic (exact) mass is 383 g/mol. The maximum atomic E-state index is 12.8. The van der Waals surface area contributed by atoms with E-state index in [0.717, 1.165) is 12.1 Å². The largest absolute Gasteiger partial charge is 0.296 e. The minimum absolute atomic E-state index is 0.0876. The first-order valence-corrected chi connectivity index (χ1v) is 10.2. The van der Waals surface area contributed by atoms with E-state index in [1.165, 1.54) is 23.4 Å². The normalized spacial score (nSPS) is 16.0. The van der Waals surface area contributed by atoms with E-state index < -0.39 is 10.0 Å². The maximum absolute atomic E-state index is 12.8. The Balaban J connectivity index is 1.62. The molecule has 27 heavy (non-hydrogen) atoms. The molecule has 6 nitrogen and oxygen atoms in total. The zero-order valence-corrected chi connectivity index (χ0v) is 15.9. The second-order valence-electron chi connectivity index (χ2n) is 6.57. The first-order chi connectivity index (χ1) is 12.9. The second kappa shape index (κ2) is 8.01. The molecule has 0 N–H and O–H groups in total. The number of Topliss-reactive ketones (excluding diaryl/α,β-unsaturated/α-hetero) is 1. The summed E-state index contributed by atoms with van der Waals surface area (Å²) >= 11 is 0. The van der Waals surface area contributed by atoms with E-state index in [2.05, 4.69) is 11.0 Å². The summed E-state index contributed by atoms with van der Waals surface area (Å²) < 4.78 is 27.1. The maximum Gasteiger partial charge on any atom is 0.243 e. The third-order valence-electron chi connectivity index (χ3n) is 4.72. The lowest BCUT2D eigenvalue weighted by atomic mass is 10.1. The summed E-state index contributed by atoms with van der Waals surface area (Å²) in [5.41, 5.74) is 2.23. The second-order valence-corrected chi connectivity index (χ2v) is 8.51. The van der Waals surface area contributed by atoms with E-state index in [1.807, 2.05) is 12.1 Å². The first-order valence-electron chi connectivity index (χ1n) is 8.73. The van der Waals surface area contributed by atoms with Crippen molar-refractivity contribution < 1.29 is 13.2 Å². The molecule has 1 aliphatic rings. The average Bonchev–Trinajstić information content (AvgIpc) is 2.69. The molecule has 0 bridgehead atoms. The van der Waals surface area contributed by atoms with Crippen molar-refractivity contribution in [1.29, 1.82) is 5.26 Å². The van der Waals surface area contributed by atoms with Gasteiger partial charge in [-0.2, -0.15) is 9.57 Å². The molecule has 0 radical (unpaired) electrons. The zero-order valence-electron chi connectivity index (χ0n) is 15.1. The molecule has 0 saturated carbocycles. The zero-order chi connectivity index (χ0) is 19.4. The number of carbonyl (C=O) groups excluding carboxylic acids is 1. The molecule has 0 unspecified atom stereocenters. The Hall–Kier alpha value is -2.53. The quantitative estimate of drug-likeness (QED) is 0.740. The molecule has 0 aliphatic carbocycles. The smallest absolute Gasteiger partial charge is 0.243 e. The lowest BCUT2D eigenvalue weighted by Gasteiger charge is -2.34. The van der Waals surface area contributed by atoms with Gasteiger partial charge in [0.15, 0.2) is 5.78 Å². The Morgan fingerprint density at radius 1 is 1.00 bits per heavy atom. The van der Waals surface area contributed by atoms with Gasteiger partial charge in [0.25, 0.3) is 0 Å². The number of ketones is 1. The van der Waals surface area contributed by atoms with Gasteiger partial charge >= 0.3 is 0 Å². The van der Waals surface area contributed by atoms with Gasteiger partial charge in [0.1, 0.15) is 0 Å². The van der Waals surface area contributed by atoms with Crippen LogP contribution in [-0.4, -0.2) is 49.6 Å². The molecule has 0 amide bonds. The van der Waals surface area contributed by atoms with Crippen LogP contribution < -0.4 is 0 Å². The predicted octanol–water partition coefficient (Wildman–Crippen LogP) is 2.27. The van der Waals surface area contributed by atoms with Crippen molar-refractivity contribution in [2.75, 3.05) is 26.2 Å². The number of sulfonamides is 1. The molecule has 140 valence electrons. The van der Waals surface area contributed by atoms with Crippen molar-refractivity contribution in [2.24, 2.45) is 0 Å². The van der Waals surface area contributed by atoms with Crippen LogP contribution in [0.1, 0.15) is 28.4 Å². The number of piperazine rings is 1. The number of carbonyl (C=O) groups is 1. The number of nitrogens with zero attached hydrogens (tertiary/aromatic N) is 3. The highest BCUT2D eigenvalue weighted by Crippen LogP contribution is 2.19. The van der Waals surface area contributed by atoms with Crippen LogP contribution in [0, 0.1) is 11.3 Å². The van der Waals surface area contributed by atoms with Gasteiger partial charge < -0.3 is 0 Å². The highest BCUT2D eigenvalue weighted by molar-refractivity contribution is 7.89. The summed E-state index contributed by atoms with van der Waals surface area (Å²) in [6.07, 6.45) is 0.